The third-order valence-electron chi connectivity index (χ3n) is 6.17. The molecular weight excluding hydrogens is 544 g/mol. The van der Waals surface area contributed by atoms with Gasteiger partial charge in [-0.2, -0.15) is 4.90 Å². The lowest BCUT2D eigenvalue weighted by molar-refractivity contribution is 0.0428. The minimum absolute atomic E-state index is 0.00884. The van der Waals surface area contributed by atoms with Crippen molar-refractivity contribution in [2.75, 3.05) is 25.1 Å². The van der Waals surface area contributed by atoms with Gasteiger partial charge in [0.05, 0.1) is 5.69 Å². The summed E-state index contributed by atoms with van der Waals surface area (Å²) in [5, 5.41) is 10.8. The highest BCUT2D eigenvalue weighted by Gasteiger charge is 2.33. The fourth-order valence-corrected chi connectivity index (χ4v) is 4.27. The van der Waals surface area contributed by atoms with Crippen molar-refractivity contribution in [3.05, 3.63) is 84.4 Å². The molecule has 2 amide bonds. The molecule has 0 fully saturated rings. The summed E-state index contributed by atoms with van der Waals surface area (Å²) in [5.74, 6) is 0.863. The summed E-state index contributed by atoms with van der Waals surface area (Å²) in [6.07, 6.45) is -1.78. The van der Waals surface area contributed by atoms with Crippen LogP contribution >= 0.6 is 0 Å². The molecule has 9 heteroatoms. The van der Waals surface area contributed by atoms with E-state index >= 15 is 0 Å². The van der Waals surface area contributed by atoms with Crippen LogP contribution in [0.4, 0.5) is 15.4 Å². The number of nitrogens with zero attached hydrogens (tertiary/aromatic N) is 4. The summed E-state index contributed by atoms with van der Waals surface area (Å²) >= 11 is 0. The maximum absolute atomic E-state index is 12.9. The highest BCUT2D eigenvalue weighted by Crippen LogP contribution is 2.24. The summed E-state index contributed by atoms with van der Waals surface area (Å²) in [7, 11) is 2.05. The van der Waals surface area contributed by atoms with Crippen molar-refractivity contribution in [1.82, 2.24) is 15.1 Å². The molecule has 0 aliphatic heterocycles. The van der Waals surface area contributed by atoms with E-state index in [4.69, 9.17) is 14.2 Å². The van der Waals surface area contributed by atoms with Crippen LogP contribution in [-0.4, -0.2) is 58.7 Å². The molecular formula is C34H40N4O5. The number of carbonyl (C=O) groups excluding carboxylic acids is 2. The summed E-state index contributed by atoms with van der Waals surface area (Å²) in [5.41, 5.74) is 0.919. The zero-order valence-electron chi connectivity index (χ0n) is 26.0. The van der Waals surface area contributed by atoms with Gasteiger partial charge in [-0.15, -0.1) is 10.2 Å². The quantitative estimate of drug-likeness (QED) is 0.210. The fourth-order valence-electron chi connectivity index (χ4n) is 4.27. The number of aromatic nitrogens is 2. The maximum Gasteiger partial charge on any atom is 0.425 e. The first kappa shape index (κ1) is 31.4. The van der Waals surface area contributed by atoms with Crippen LogP contribution in [0.15, 0.2) is 78.9 Å². The Morgan fingerprint density at radius 3 is 2.05 bits per heavy atom. The Labute approximate surface area is 253 Å². The standard InChI is InChI=1S/C34H40N4O5/c1-33(2,3)42-31(39)38(32(40)43-34(4,5)6)30-18-17-29(35-36-30)27-14-10-11-24(21-27)23-37(7)19-20-41-28-16-15-25-12-8-9-13-26(25)22-28/h8-18,21-22H,19-20,23H2,1-7H3. The molecule has 43 heavy (non-hydrogen) atoms. The van der Waals surface area contributed by atoms with E-state index in [0.29, 0.717) is 18.8 Å². The van der Waals surface area contributed by atoms with Crippen molar-refractivity contribution < 1.29 is 23.8 Å². The van der Waals surface area contributed by atoms with Crippen LogP contribution in [0.25, 0.3) is 22.0 Å². The van der Waals surface area contributed by atoms with Crippen LogP contribution in [0.2, 0.25) is 0 Å². The largest absolute Gasteiger partial charge is 0.492 e. The summed E-state index contributed by atoms with van der Waals surface area (Å²) in [4.78, 5) is 28.8. The average molecular weight is 585 g/mol. The van der Waals surface area contributed by atoms with E-state index in [-0.39, 0.29) is 5.82 Å². The molecule has 0 radical (unpaired) electrons. The van der Waals surface area contributed by atoms with Crippen LogP contribution < -0.4 is 9.64 Å². The number of imide groups is 1. The third kappa shape index (κ3) is 9.24. The van der Waals surface area contributed by atoms with Crippen molar-refractivity contribution in [1.29, 1.82) is 0 Å². The van der Waals surface area contributed by atoms with E-state index in [1.807, 2.05) is 43.4 Å². The van der Waals surface area contributed by atoms with E-state index < -0.39 is 23.4 Å². The lowest BCUT2D eigenvalue weighted by Crippen LogP contribution is -2.44. The Balaban J connectivity index is 1.40. The molecule has 4 aromatic rings. The molecule has 3 aromatic carbocycles. The molecule has 9 nitrogen and oxygen atoms in total. The van der Waals surface area contributed by atoms with Crippen LogP contribution in [0.5, 0.6) is 5.75 Å². The fraction of sp³-hybridized carbons (Fsp3) is 0.353. The minimum Gasteiger partial charge on any atom is -0.492 e. The smallest absolute Gasteiger partial charge is 0.425 e. The maximum atomic E-state index is 12.9. The van der Waals surface area contributed by atoms with Gasteiger partial charge in [-0.1, -0.05) is 48.5 Å². The third-order valence-corrected chi connectivity index (χ3v) is 6.17. The number of rotatable bonds is 8. The van der Waals surface area contributed by atoms with Crippen LogP contribution in [0.3, 0.4) is 0 Å². The van der Waals surface area contributed by atoms with Gasteiger partial charge in [0, 0.05) is 18.7 Å². The molecule has 1 aromatic heterocycles. The molecule has 0 spiro atoms. The second-order valence-corrected chi connectivity index (χ2v) is 12.4. The number of hydrogen-bond donors (Lipinski definition) is 0. The van der Waals surface area contributed by atoms with Gasteiger partial charge in [-0.3, -0.25) is 4.90 Å². The second-order valence-electron chi connectivity index (χ2n) is 12.4. The molecule has 4 rings (SSSR count). The number of carbonyl (C=O) groups is 2. The van der Waals surface area contributed by atoms with Gasteiger partial charge in [0.1, 0.15) is 23.6 Å². The number of hydrogen-bond acceptors (Lipinski definition) is 8. The van der Waals surface area contributed by atoms with E-state index in [1.54, 1.807) is 53.7 Å². The highest BCUT2D eigenvalue weighted by atomic mass is 16.6. The number of fused-ring (bicyclic) bond motifs is 1. The summed E-state index contributed by atoms with van der Waals surface area (Å²) < 4.78 is 16.9. The minimum atomic E-state index is -0.890. The van der Waals surface area contributed by atoms with Crippen molar-refractivity contribution in [3.63, 3.8) is 0 Å². The molecule has 1 heterocycles. The molecule has 0 bridgehead atoms. The van der Waals surface area contributed by atoms with E-state index in [9.17, 15) is 9.59 Å². The van der Waals surface area contributed by atoms with Crippen LogP contribution in [-0.2, 0) is 16.0 Å². The lowest BCUT2D eigenvalue weighted by Gasteiger charge is -2.27. The molecule has 226 valence electrons. The lowest BCUT2D eigenvalue weighted by atomic mass is 10.1. The number of benzene rings is 3. The molecule has 0 N–H and O–H groups in total. The van der Waals surface area contributed by atoms with E-state index in [1.165, 1.54) is 5.39 Å². The Kier molecular flexibility index (Phi) is 9.66. The van der Waals surface area contributed by atoms with Gasteiger partial charge in [-0.25, -0.2) is 9.59 Å². The van der Waals surface area contributed by atoms with Gasteiger partial charge in [0.15, 0.2) is 5.82 Å². The molecule has 0 saturated carbocycles. The normalized spacial score (nSPS) is 11.8. The Morgan fingerprint density at radius 2 is 1.42 bits per heavy atom. The van der Waals surface area contributed by atoms with Crippen molar-refractivity contribution in [2.45, 2.75) is 59.3 Å². The predicted octanol–water partition coefficient (Wildman–Crippen LogP) is 7.48. The van der Waals surface area contributed by atoms with Crippen LogP contribution in [0.1, 0.15) is 47.1 Å². The van der Waals surface area contributed by atoms with Gasteiger partial charge < -0.3 is 14.2 Å². The Hall–Kier alpha value is -4.50. The summed E-state index contributed by atoms with van der Waals surface area (Å²) in [6, 6.07) is 25.6. The van der Waals surface area contributed by atoms with Crippen molar-refractivity contribution >= 4 is 28.8 Å². The molecule has 0 atom stereocenters. The zero-order chi connectivity index (χ0) is 31.2. The zero-order valence-corrected chi connectivity index (χ0v) is 26.0. The first-order valence-electron chi connectivity index (χ1n) is 14.3. The van der Waals surface area contributed by atoms with Crippen molar-refractivity contribution in [3.8, 4) is 17.0 Å². The second kappa shape index (κ2) is 13.2. The topological polar surface area (TPSA) is 94.1 Å². The number of amides is 2. The first-order chi connectivity index (χ1) is 20.3. The molecule has 0 unspecified atom stereocenters. The Bertz CT molecular complexity index is 1530. The van der Waals surface area contributed by atoms with Gasteiger partial charge in [-0.05, 0) is 95.3 Å². The predicted molar refractivity (Wildman–Crippen MR) is 168 cm³/mol. The Morgan fingerprint density at radius 1 is 0.744 bits per heavy atom. The van der Waals surface area contributed by atoms with E-state index in [2.05, 4.69) is 45.4 Å². The van der Waals surface area contributed by atoms with E-state index in [0.717, 1.165) is 33.7 Å². The number of likely N-dealkylation sites (N-methyl/N-ethyl adjacent to an activating group) is 1. The number of anilines is 1. The molecule has 0 aliphatic carbocycles. The van der Waals surface area contributed by atoms with Gasteiger partial charge in [0.25, 0.3) is 0 Å². The van der Waals surface area contributed by atoms with Gasteiger partial charge >= 0.3 is 12.2 Å². The van der Waals surface area contributed by atoms with Crippen molar-refractivity contribution in [2.24, 2.45) is 0 Å². The average Bonchev–Trinajstić information content (AvgIpc) is 2.91. The van der Waals surface area contributed by atoms with Gasteiger partial charge in [0.2, 0.25) is 0 Å². The summed E-state index contributed by atoms with van der Waals surface area (Å²) in [6.45, 7) is 12.3. The van der Waals surface area contributed by atoms with Crippen LogP contribution in [0, 0.1) is 0 Å². The highest BCUT2D eigenvalue weighted by molar-refractivity contribution is 6.08. The first-order valence-corrected chi connectivity index (χ1v) is 14.3. The monoisotopic (exact) mass is 584 g/mol. The molecule has 0 aliphatic rings. The SMILES string of the molecule is CN(CCOc1ccc2ccccc2c1)Cc1cccc(-c2ccc(N(C(=O)OC(C)(C)C)C(=O)OC(C)(C)C)nn2)c1. The molecule has 0 saturated heterocycles. The number of ether oxygens (including phenoxy) is 3.